The number of amides is 1. The summed E-state index contributed by atoms with van der Waals surface area (Å²) in [5, 5.41) is 11.7. The van der Waals surface area contributed by atoms with Gasteiger partial charge in [0.2, 0.25) is 5.91 Å². The molecule has 0 heterocycles. The molecule has 1 aromatic rings. The Morgan fingerprint density at radius 1 is 1.38 bits per heavy atom. The molecule has 1 aromatic carbocycles. The molecule has 5 heteroatoms. The summed E-state index contributed by atoms with van der Waals surface area (Å²) in [7, 11) is 0. The van der Waals surface area contributed by atoms with Gasteiger partial charge in [0.25, 0.3) is 0 Å². The van der Waals surface area contributed by atoms with E-state index in [2.05, 4.69) is 5.16 Å². The third kappa shape index (κ3) is 3.97. The van der Waals surface area contributed by atoms with Gasteiger partial charge in [-0.3, -0.25) is 4.79 Å². The molecular formula is C16H25N3O2. The first-order valence-corrected chi connectivity index (χ1v) is 7.16. The maximum absolute atomic E-state index is 12.8. The minimum absolute atomic E-state index is 0.0359. The summed E-state index contributed by atoms with van der Waals surface area (Å²) >= 11 is 0. The lowest BCUT2D eigenvalue weighted by Gasteiger charge is -2.33. The molecule has 0 aliphatic carbocycles. The van der Waals surface area contributed by atoms with Gasteiger partial charge in [-0.2, -0.15) is 0 Å². The summed E-state index contributed by atoms with van der Waals surface area (Å²) in [6.07, 6.45) is 0. The zero-order valence-corrected chi connectivity index (χ0v) is 13.2. The van der Waals surface area contributed by atoms with Crippen molar-refractivity contribution in [1.29, 1.82) is 0 Å². The van der Waals surface area contributed by atoms with Gasteiger partial charge in [-0.25, -0.2) is 0 Å². The molecular weight excluding hydrogens is 266 g/mol. The van der Waals surface area contributed by atoms with Crippen molar-refractivity contribution >= 4 is 11.7 Å². The maximum atomic E-state index is 12.8. The smallest absolute Gasteiger partial charge is 0.232 e. The van der Waals surface area contributed by atoms with E-state index >= 15 is 0 Å². The SMILES string of the molecule is CCN(CC(C)C(N)=NO)C(=O)C(C)(C)c1ccccc1. The number of amidine groups is 1. The second kappa shape index (κ2) is 7.11. The van der Waals surface area contributed by atoms with Gasteiger partial charge in [0.05, 0.1) is 5.41 Å². The van der Waals surface area contributed by atoms with Crippen LogP contribution in [0, 0.1) is 5.92 Å². The van der Waals surface area contributed by atoms with Crippen molar-refractivity contribution in [1.82, 2.24) is 4.90 Å². The minimum atomic E-state index is -0.609. The summed E-state index contributed by atoms with van der Waals surface area (Å²) in [5.74, 6) is -0.0157. The predicted octanol–water partition coefficient (Wildman–Crippen LogP) is 2.20. The van der Waals surface area contributed by atoms with Crippen LogP contribution in [0.3, 0.4) is 0 Å². The molecule has 0 aliphatic rings. The lowest BCUT2D eigenvalue weighted by molar-refractivity contribution is -0.136. The van der Waals surface area contributed by atoms with Crippen LogP contribution in [0.25, 0.3) is 0 Å². The van der Waals surface area contributed by atoms with Crippen LogP contribution in [0.5, 0.6) is 0 Å². The van der Waals surface area contributed by atoms with Crippen molar-refractivity contribution in [2.24, 2.45) is 16.8 Å². The fourth-order valence-corrected chi connectivity index (χ4v) is 2.25. The summed E-state index contributed by atoms with van der Waals surface area (Å²) in [4.78, 5) is 14.6. The third-order valence-electron chi connectivity index (χ3n) is 3.81. The first kappa shape index (κ1) is 17.0. The molecule has 1 unspecified atom stereocenters. The normalized spacial score (nSPS) is 13.8. The van der Waals surface area contributed by atoms with E-state index in [-0.39, 0.29) is 17.7 Å². The van der Waals surface area contributed by atoms with Crippen LogP contribution in [-0.2, 0) is 10.2 Å². The molecule has 1 atom stereocenters. The Hall–Kier alpha value is -2.04. The highest BCUT2D eigenvalue weighted by molar-refractivity contribution is 5.88. The Morgan fingerprint density at radius 3 is 2.43 bits per heavy atom. The van der Waals surface area contributed by atoms with Crippen molar-refractivity contribution in [3.05, 3.63) is 35.9 Å². The standard InChI is InChI=1S/C16H25N3O2/c1-5-19(11-12(2)14(17)18-21)15(20)16(3,4)13-9-7-6-8-10-13/h6-10,12,21H,5,11H2,1-4H3,(H2,17,18). The van der Waals surface area contributed by atoms with Gasteiger partial charge in [0.1, 0.15) is 5.84 Å². The molecule has 0 saturated carbocycles. The second-order valence-corrected chi connectivity index (χ2v) is 5.76. The van der Waals surface area contributed by atoms with Gasteiger partial charge in [-0.05, 0) is 26.3 Å². The topological polar surface area (TPSA) is 78.9 Å². The average Bonchev–Trinajstić information content (AvgIpc) is 2.51. The van der Waals surface area contributed by atoms with E-state index in [9.17, 15) is 4.79 Å². The third-order valence-corrected chi connectivity index (χ3v) is 3.81. The molecule has 0 fully saturated rings. The largest absolute Gasteiger partial charge is 0.409 e. The number of hydrogen-bond donors (Lipinski definition) is 2. The van der Waals surface area contributed by atoms with E-state index in [0.717, 1.165) is 5.56 Å². The summed E-state index contributed by atoms with van der Waals surface area (Å²) in [6, 6.07) is 9.71. The highest BCUT2D eigenvalue weighted by Gasteiger charge is 2.33. The van der Waals surface area contributed by atoms with Crippen LogP contribution in [0.1, 0.15) is 33.3 Å². The fourth-order valence-electron chi connectivity index (χ4n) is 2.25. The number of carbonyl (C=O) groups is 1. The van der Waals surface area contributed by atoms with E-state index in [0.29, 0.717) is 13.1 Å². The zero-order chi connectivity index (χ0) is 16.0. The Balaban J connectivity index is 2.93. The number of nitrogens with two attached hydrogens (primary N) is 1. The number of likely N-dealkylation sites (N-methyl/N-ethyl adjacent to an activating group) is 1. The molecule has 3 N–H and O–H groups in total. The van der Waals surface area contributed by atoms with Crippen LogP contribution >= 0.6 is 0 Å². The molecule has 1 rings (SSSR count). The van der Waals surface area contributed by atoms with Gasteiger partial charge < -0.3 is 15.8 Å². The lowest BCUT2D eigenvalue weighted by Crippen LogP contribution is -2.46. The monoisotopic (exact) mass is 291 g/mol. The highest BCUT2D eigenvalue weighted by Crippen LogP contribution is 2.25. The average molecular weight is 291 g/mol. The molecule has 1 amide bonds. The second-order valence-electron chi connectivity index (χ2n) is 5.76. The lowest BCUT2D eigenvalue weighted by atomic mass is 9.83. The number of rotatable bonds is 6. The summed E-state index contributed by atoms with van der Waals surface area (Å²) < 4.78 is 0. The van der Waals surface area contributed by atoms with Crippen molar-refractivity contribution < 1.29 is 10.0 Å². The zero-order valence-electron chi connectivity index (χ0n) is 13.2. The van der Waals surface area contributed by atoms with E-state index in [1.54, 1.807) is 4.90 Å². The fraction of sp³-hybridized carbons (Fsp3) is 0.500. The van der Waals surface area contributed by atoms with Gasteiger partial charge in [-0.1, -0.05) is 42.4 Å². The predicted molar refractivity (Wildman–Crippen MR) is 84.3 cm³/mol. The Labute approximate surface area is 126 Å². The van der Waals surface area contributed by atoms with E-state index in [1.807, 2.05) is 58.0 Å². The molecule has 0 bridgehead atoms. The summed E-state index contributed by atoms with van der Waals surface area (Å²) in [6.45, 7) is 8.61. The maximum Gasteiger partial charge on any atom is 0.232 e. The van der Waals surface area contributed by atoms with Crippen molar-refractivity contribution in [2.75, 3.05) is 13.1 Å². The van der Waals surface area contributed by atoms with Gasteiger partial charge >= 0.3 is 0 Å². The molecule has 116 valence electrons. The van der Waals surface area contributed by atoms with Gasteiger partial charge in [-0.15, -0.1) is 0 Å². The Kier molecular flexibility index (Phi) is 5.76. The van der Waals surface area contributed by atoms with Crippen molar-refractivity contribution in [3.63, 3.8) is 0 Å². The number of benzene rings is 1. The van der Waals surface area contributed by atoms with E-state index in [4.69, 9.17) is 10.9 Å². The summed E-state index contributed by atoms with van der Waals surface area (Å²) in [5.41, 5.74) is 5.97. The molecule has 0 aliphatic heterocycles. The Bertz CT molecular complexity index is 498. The minimum Gasteiger partial charge on any atom is -0.409 e. The number of carbonyl (C=O) groups excluding carboxylic acids is 1. The molecule has 0 radical (unpaired) electrons. The Morgan fingerprint density at radius 2 is 1.95 bits per heavy atom. The first-order valence-electron chi connectivity index (χ1n) is 7.16. The number of oxime groups is 1. The van der Waals surface area contributed by atoms with Crippen molar-refractivity contribution in [3.8, 4) is 0 Å². The van der Waals surface area contributed by atoms with Crippen LogP contribution in [0.4, 0.5) is 0 Å². The van der Waals surface area contributed by atoms with Gasteiger partial charge in [0, 0.05) is 19.0 Å². The van der Waals surface area contributed by atoms with Crippen LogP contribution in [0.15, 0.2) is 35.5 Å². The van der Waals surface area contributed by atoms with Crippen molar-refractivity contribution in [2.45, 2.75) is 33.1 Å². The molecule has 0 saturated heterocycles. The van der Waals surface area contributed by atoms with Gasteiger partial charge in [0.15, 0.2) is 0 Å². The number of hydrogen-bond acceptors (Lipinski definition) is 3. The molecule has 21 heavy (non-hydrogen) atoms. The number of nitrogens with zero attached hydrogens (tertiary/aromatic N) is 2. The van der Waals surface area contributed by atoms with Crippen LogP contribution in [0.2, 0.25) is 0 Å². The molecule has 0 spiro atoms. The first-order chi connectivity index (χ1) is 9.84. The van der Waals surface area contributed by atoms with Crippen LogP contribution in [-0.4, -0.2) is 34.9 Å². The van der Waals surface area contributed by atoms with E-state index < -0.39 is 5.41 Å². The molecule has 0 aromatic heterocycles. The highest BCUT2D eigenvalue weighted by atomic mass is 16.4. The molecule has 5 nitrogen and oxygen atoms in total. The quantitative estimate of drug-likeness (QED) is 0.365. The van der Waals surface area contributed by atoms with E-state index in [1.165, 1.54) is 0 Å². The van der Waals surface area contributed by atoms with Crippen LogP contribution < -0.4 is 5.73 Å².